The van der Waals surface area contributed by atoms with Crippen molar-refractivity contribution in [3.63, 3.8) is 0 Å². The zero-order chi connectivity index (χ0) is 13.9. The second kappa shape index (κ2) is 10.3. The van der Waals surface area contributed by atoms with E-state index >= 15 is 0 Å². The molecule has 1 amide bonds. The van der Waals surface area contributed by atoms with Crippen molar-refractivity contribution >= 4 is 13.7 Å². The Morgan fingerprint density at radius 2 is 1.94 bits per heavy atom. The van der Waals surface area contributed by atoms with Gasteiger partial charge >= 0.3 is 13.7 Å². The molecule has 18 heavy (non-hydrogen) atoms. The molecule has 0 aromatic heterocycles. The second-order valence-electron chi connectivity index (χ2n) is 3.90. The van der Waals surface area contributed by atoms with Gasteiger partial charge in [0.15, 0.2) is 0 Å². The first-order valence-corrected chi connectivity index (χ1v) is 8.03. The van der Waals surface area contributed by atoms with Gasteiger partial charge in [0.05, 0.1) is 6.61 Å². The van der Waals surface area contributed by atoms with Gasteiger partial charge in [0, 0.05) is 19.8 Å². The van der Waals surface area contributed by atoms with E-state index in [0.717, 1.165) is 25.7 Å². The molecule has 0 aromatic carbocycles. The average Bonchev–Trinajstić information content (AvgIpc) is 2.28. The fourth-order valence-electron chi connectivity index (χ4n) is 1.21. The van der Waals surface area contributed by atoms with Crippen molar-refractivity contribution in [2.24, 2.45) is 5.73 Å². The maximum Gasteiger partial charge on any atom is 0.407 e. The predicted molar refractivity (Wildman–Crippen MR) is 68.6 cm³/mol. The number of alkyl carbamates (subject to hydrolysis) is 1. The van der Waals surface area contributed by atoms with Crippen molar-refractivity contribution < 1.29 is 23.5 Å². The number of hydrogen-bond donors (Lipinski definition) is 3. The van der Waals surface area contributed by atoms with Crippen LogP contribution in [-0.4, -0.2) is 44.0 Å². The molecule has 0 radical (unpaired) electrons. The summed E-state index contributed by atoms with van der Waals surface area (Å²) in [6.07, 6.45) is 2.92. The summed E-state index contributed by atoms with van der Waals surface area (Å²) >= 11 is 0. The normalized spacial score (nSPS) is 13.9. The molecular weight excluding hydrogens is 259 g/mol. The Hall–Kier alpha value is -0.620. The van der Waals surface area contributed by atoms with Gasteiger partial charge in [-0.05, 0) is 12.8 Å². The number of nitrogens with one attached hydrogen (secondary N) is 1. The lowest BCUT2D eigenvalue weighted by molar-refractivity contribution is 0.149. The highest BCUT2D eigenvalue weighted by atomic mass is 31.2. The SMILES string of the molecule is CP(=O)(O)OCCCCCCNC(=O)OCCN. The summed E-state index contributed by atoms with van der Waals surface area (Å²) in [7, 11) is -3.33. The minimum Gasteiger partial charge on any atom is -0.448 e. The van der Waals surface area contributed by atoms with Gasteiger partial charge in [0.1, 0.15) is 6.61 Å². The number of nitrogens with two attached hydrogens (primary N) is 1. The molecule has 8 heteroatoms. The molecule has 0 spiro atoms. The summed E-state index contributed by atoms with van der Waals surface area (Å²) in [4.78, 5) is 19.8. The highest BCUT2D eigenvalue weighted by Crippen LogP contribution is 2.36. The third kappa shape index (κ3) is 13.4. The molecule has 0 aliphatic rings. The van der Waals surface area contributed by atoms with Gasteiger partial charge in [-0.25, -0.2) is 4.79 Å². The molecular formula is C10H23N2O5P. The minimum atomic E-state index is -3.33. The van der Waals surface area contributed by atoms with E-state index in [4.69, 9.17) is 19.9 Å². The van der Waals surface area contributed by atoms with Crippen molar-refractivity contribution in [2.75, 3.05) is 33.0 Å². The highest BCUT2D eigenvalue weighted by molar-refractivity contribution is 7.51. The molecule has 1 unspecified atom stereocenters. The number of carbonyl (C=O) groups is 1. The van der Waals surface area contributed by atoms with E-state index in [9.17, 15) is 9.36 Å². The largest absolute Gasteiger partial charge is 0.448 e. The van der Waals surface area contributed by atoms with Crippen molar-refractivity contribution in [1.82, 2.24) is 5.32 Å². The Kier molecular flexibility index (Phi) is 9.96. The Bertz CT molecular complexity index is 269. The van der Waals surface area contributed by atoms with E-state index in [-0.39, 0.29) is 13.2 Å². The van der Waals surface area contributed by atoms with E-state index in [0.29, 0.717) is 13.1 Å². The molecule has 108 valence electrons. The Labute approximate surface area is 108 Å². The number of hydrogen-bond acceptors (Lipinski definition) is 5. The van der Waals surface area contributed by atoms with Gasteiger partial charge in [-0.3, -0.25) is 4.57 Å². The fourth-order valence-corrected chi connectivity index (χ4v) is 1.68. The Morgan fingerprint density at radius 1 is 1.28 bits per heavy atom. The van der Waals surface area contributed by atoms with Crippen LogP contribution in [0.2, 0.25) is 0 Å². The molecule has 0 fully saturated rings. The monoisotopic (exact) mass is 282 g/mol. The summed E-state index contributed by atoms with van der Waals surface area (Å²) < 4.78 is 20.2. The Balaban J connectivity index is 3.21. The lowest BCUT2D eigenvalue weighted by Crippen LogP contribution is -2.27. The molecule has 0 bridgehead atoms. The molecule has 0 saturated carbocycles. The first kappa shape index (κ1) is 17.4. The molecule has 0 aliphatic heterocycles. The van der Waals surface area contributed by atoms with Crippen LogP contribution in [0, 0.1) is 0 Å². The van der Waals surface area contributed by atoms with Crippen LogP contribution >= 0.6 is 7.60 Å². The van der Waals surface area contributed by atoms with Crippen LogP contribution in [-0.2, 0) is 13.8 Å². The predicted octanol–water partition coefficient (Wildman–Crippen LogP) is 1.06. The standard InChI is InChI=1S/C10H23N2O5P/c1-18(14,15)17-8-5-3-2-4-7-12-10(13)16-9-6-11/h2-9,11H2,1H3,(H,12,13)(H,14,15). The zero-order valence-corrected chi connectivity index (χ0v) is 11.7. The molecule has 1 atom stereocenters. The van der Waals surface area contributed by atoms with Crippen LogP contribution in [0.15, 0.2) is 0 Å². The lowest BCUT2D eigenvalue weighted by Gasteiger charge is -2.07. The van der Waals surface area contributed by atoms with E-state index in [2.05, 4.69) is 5.32 Å². The van der Waals surface area contributed by atoms with Gasteiger partial charge in [-0.15, -0.1) is 0 Å². The number of ether oxygens (including phenoxy) is 1. The summed E-state index contributed by atoms with van der Waals surface area (Å²) in [5.41, 5.74) is 5.18. The third-order valence-corrected chi connectivity index (χ3v) is 2.68. The molecule has 7 nitrogen and oxygen atoms in total. The second-order valence-corrected chi connectivity index (χ2v) is 5.77. The van der Waals surface area contributed by atoms with E-state index in [1.807, 2.05) is 0 Å². The maximum atomic E-state index is 11.0. The van der Waals surface area contributed by atoms with Crippen LogP contribution in [0.3, 0.4) is 0 Å². The van der Waals surface area contributed by atoms with Crippen molar-refractivity contribution in [1.29, 1.82) is 0 Å². The summed E-state index contributed by atoms with van der Waals surface area (Å²) in [6.45, 7) is 2.55. The van der Waals surface area contributed by atoms with Crippen molar-refractivity contribution in [3.8, 4) is 0 Å². The topological polar surface area (TPSA) is 111 Å². The van der Waals surface area contributed by atoms with Crippen LogP contribution in [0.25, 0.3) is 0 Å². The first-order chi connectivity index (χ1) is 8.45. The van der Waals surface area contributed by atoms with E-state index in [1.165, 1.54) is 6.66 Å². The third-order valence-electron chi connectivity index (χ3n) is 2.02. The highest BCUT2D eigenvalue weighted by Gasteiger charge is 2.08. The number of amides is 1. The van der Waals surface area contributed by atoms with Gasteiger partial charge < -0.3 is 25.2 Å². The minimum absolute atomic E-state index is 0.224. The molecule has 0 rings (SSSR count). The smallest absolute Gasteiger partial charge is 0.407 e. The van der Waals surface area contributed by atoms with Gasteiger partial charge in [0.2, 0.25) is 0 Å². The van der Waals surface area contributed by atoms with Crippen LogP contribution in [0.1, 0.15) is 25.7 Å². The number of carbonyl (C=O) groups excluding carboxylic acids is 1. The number of unbranched alkanes of at least 4 members (excludes halogenated alkanes) is 3. The average molecular weight is 282 g/mol. The molecule has 4 N–H and O–H groups in total. The maximum absolute atomic E-state index is 11.0. The summed E-state index contributed by atoms with van der Waals surface area (Å²) in [5, 5.41) is 2.60. The summed E-state index contributed by atoms with van der Waals surface area (Å²) in [5.74, 6) is 0. The zero-order valence-electron chi connectivity index (χ0n) is 10.8. The number of rotatable bonds is 10. The van der Waals surface area contributed by atoms with Gasteiger partial charge in [0.25, 0.3) is 0 Å². The van der Waals surface area contributed by atoms with Gasteiger partial charge in [-0.1, -0.05) is 12.8 Å². The first-order valence-electron chi connectivity index (χ1n) is 6.01. The van der Waals surface area contributed by atoms with E-state index in [1.54, 1.807) is 0 Å². The molecule has 0 aromatic rings. The lowest BCUT2D eigenvalue weighted by atomic mass is 10.2. The van der Waals surface area contributed by atoms with Crippen molar-refractivity contribution in [2.45, 2.75) is 25.7 Å². The quantitative estimate of drug-likeness (QED) is 0.408. The molecule has 0 heterocycles. The van der Waals surface area contributed by atoms with Crippen LogP contribution in [0.5, 0.6) is 0 Å². The summed E-state index contributed by atoms with van der Waals surface area (Å²) in [6, 6.07) is 0. The van der Waals surface area contributed by atoms with Crippen LogP contribution in [0.4, 0.5) is 4.79 Å². The van der Waals surface area contributed by atoms with E-state index < -0.39 is 13.7 Å². The fraction of sp³-hybridized carbons (Fsp3) is 0.900. The molecule has 0 aliphatic carbocycles. The van der Waals surface area contributed by atoms with Crippen molar-refractivity contribution in [3.05, 3.63) is 0 Å². The molecule has 0 saturated heterocycles. The van der Waals surface area contributed by atoms with Crippen LogP contribution < -0.4 is 11.1 Å². The Morgan fingerprint density at radius 3 is 2.56 bits per heavy atom. The van der Waals surface area contributed by atoms with Gasteiger partial charge in [-0.2, -0.15) is 0 Å².